The average molecular weight is 294 g/mol. The summed E-state index contributed by atoms with van der Waals surface area (Å²) in [5.74, 6) is -0.292. The highest BCUT2D eigenvalue weighted by atomic mass is 19.1. The minimum absolute atomic E-state index is 0.0206. The molecule has 0 spiro atoms. The van der Waals surface area contributed by atoms with E-state index in [0.717, 1.165) is 18.2 Å². The number of ether oxygens (including phenoxy) is 3. The second-order valence-corrected chi connectivity index (χ2v) is 4.54. The topological polar surface area (TPSA) is 47.9 Å². The number of benzene rings is 2. The fourth-order valence-electron chi connectivity index (χ4n) is 2.00. The molecule has 0 saturated carbocycles. The van der Waals surface area contributed by atoms with E-state index in [1.165, 1.54) is 0 Å². The van der Waals surface area contributed by atoms with Crippen molar-refractivity contribution in [1.29, 1.82) is 0 Å². The highest BCUT2D eigenvalue weighted by Gasteiger charge is 2.17. The lowest BCUT2D eigenvalue weighted by Crippen LogP contribution is -2.10. The van der Waals surface area contributed by atoms with Gasteiger partial charge in [0.1, 0.15) is 30.1 Å². The second kappa shape index (κ2) is 5.57. The molecule has 0 amide bonds. The Morgan fingerprint density at radius 2 is 1.76 bits per heavy atom. The molecule has 6 heteroatoms. The number of rotatable bonds is 4. The van der Waals surface area contributed by atoms with Crippen molar-refractivity contribution in [2.75, 3.05) is 13.4 Å². The van der Waals surface area contributed by atoms with Gasteiger partial charge in [-0.05, 0) is 17.7 Å². The SMILES string of the molecule is OC(COc1cc(F)cc(F)c1)c1ccc2c(c1)OCO2. The Morgan fingerprint density at radius 3 is 2.52 bits per heavy atom. The van der Waals surface area contributed by atoms with Gasteiger partial charge in [0.25, 0.3) is 0 Å². The average Bonchev–Trinajstić information content (AvgIpc) is 2.91. The van der Waals surface area contributed by atoms with Crippen molar-refractivity contribution in [1.82, 2.24) is 0 Å². The molecule has 0 fully saturated rings. The quantitative estimate of drug-likeness (QED) is 0.942. The van der Waals surface area contributed by atoms with Crippen LogP contribution in [0.4, 0.5) is 8.78 Å². The van der Waals surface area contributed by atoms with E-state index in [2.05, 4.69) is 0 Å². The number of aliphatic hydroxyl groups excluding tert-OH is 1. The van der Waals surface area contributed by atoms with Crippen molar-refractivity contribution in [3.8, 4) is 17.2 Å². The lowest BCUT2D eigenvalue weighted by molar-refractivity contribution is 0.107. The molecule has 1 aliphatic heterocycles. The van der Waals surface area contributed by atoms with E-state index >= 15 is 0 Å². The Bertz CT molecular complexity index is 640. The Hall–Kier alpha value is -2.34. The van der Waals surface area contributed by atoms with Crippen molar-refractivity contribution in [3.63, 3.8) is 0 Å². The normalized spacial score (nSPS) is 14.0. The summed E-state index contributed by atoms with van der Waals surface area (Å²) >= 11 is 0. The van der Waals surface area contributed by atoms with E-state index in [9.17, 15) is 13.9 Å². The predicted molar refractivity (Wildman–Crippen MR) is 69.4 cm³/mol. The van der Waals surface area contributed by atoms with Crippen molar-refractivity contribution in [3.05, 3.63) is 53.6 Å². The Balaban J connectivity index is 1.67. The zero-order chi connectivity index (χ0) is 14.8. The first-order valence-corrected chi connectivity index (χ1v) is 6.28. The number of hydrogen-bond donors (Lipinski definition) is 1. The summed E-state index contributed by atoms with van der Waals surface area (Å²) < 4.78 is 41.6. The summed E-state index contributed by atoms with van der Waals surface area (Å²) in [6.45, 7) is 0.0104. The van der Waals surface area contributed by atoms with Gasteiger partial charge in [-0.25, -0.2) is 8.78 Å². The van der Waals surface area contributed by atoms with Crippen LogP contribution in [0, 0.1) is 11.6 Å². The molecule has 0 saturated heterocycles. The van der Waals surface area contributed by atoms with E-state index in [1.54, 1.807) is 18.2 Å². The Kier molecular flexibility index (Phi) is 3.62. The second-order valence-electron chi connectivity index (χ2n) is 4.54. The van der Waals surface area contributed by atoms with Gasteiger partial charge in [0.2, 0.25) is 6.79 Å². The Labute approximate surface area is 119 Å². The minimum Gasteiger partial charge on any atom is -0.490 e. The highest BCUT2D eigenvalue weighted by molar-refractivity contribution is 5.45. The summed E-state index contributed by atoms with van der Waals surface area (Å²) in [6, 6.07) is 7.85. The summed E-state index contributed by atoms with van der Waals surface area (Å²) in [5, 5.41) is 10.0. The molecule has 0 bridgehead atoms. The number of halogens is 2. The smallest absolute Gasteiger partial charge is 0.231 e. The summed E-state index contributed by atoms with van der Waals surface area (Å²) in [6.07, 6.45) is -0.953. The van der Waals surface area contributed by atoms with Crippen LogP contribution in [0.3, 0.4) is 0 Å². The maximum absolute atomic E-state index is 13.0. The maximum Gasteiger partial charge on any atom is 0.231 e. The number of hydrogen-bond acceptors (Lipinski definition) is 4. The molecule has 110 valence electrons. The predicted octanol–water partition coefficient (Wildman–Crippen LogP) is 2.81. The fourth-order valence-corrected chi connectivity index (χ4v) is 2.00. The standard InChI is InChI=1S/C15H12F2O4/c16-10-4-11(17)6-12(5-10)19-7-13(18)9-1-2-14-15(3-9)21-8-20-14/h1-6,13,18H,7-8H2. The molecule has 0 aliphatic carbocycles. The monoisotopic (exact) mass is 294 g/mol. The summed E-state index contributed by atoms with van der Waals surface area (Å²) in [5.41, 5.74) is 0.566. The Morgan fingerprint density at radius 1 is 1.05 bits per heavy atom. The maximum atomic E-state index is 13.0. The molecular weight excluding hydrogens is 282 g/mol. The molecule has 2 aromatic carbocycles. The van der Waals surface area contributed by atoms with Crippen LogP contribution in [0.15, 0.2) is 36.4 Å². The third kappa shape index (κ3) is 3.05. The van der Waals surface area contributed by atoms with Crippen LogP contribution in [0.25, 0.3) is 0 Å². The fraction of sp³-hybridized carbons (Fsp3) is 0.200. The molecule has 21 heavy (non-hydrogen) atoms. The van der Waals surface area contributed by atoms with Crippen molar-refractivity contribution in [2.24, 2.45) is 0 Å². The molecule has 1 aliphatic rings. The number of aliphatic hydroxyl groups is 1. The van der Waals surface area contributed by atoms with Crippen LogP contribution < -0.4 is 14.2 Å². The van der Waals surface area contributed by atoms with Crippen LogP contribution in [-0.2, 0) is 0 Å². The third-order valence-corrected chi connectivity index (χ3v) is 3.03. The van der Waals surface area contributed by atoms with Gasteiger partial charge in [-0.2, -0.15) is 0 Å². The summed E-state index contributed by atoms with van der Waals surface area (Å²) in [4.78, 5) is 0. The number of fused-ring (bicyclic) bond motifs is 1. The van der Waals surface area contributed by atoms with Gasteiger partial charge in [0, 0.05) is 18.2 Å². The van der Waals surface area contributed by atoms with Crippen molar-refractivity contribution < 1.29 is 28.1 Å². The van der Waals surface area contributed by atoms with Gasteiger partial charge in [0.05, 0.1) is 0 Å². The van der Waals surface area contributed by atoms with E-state index in [4.69, 9.17) is 14.2 Å². The molecule has 3 rings (SSSR count). The van der Waals surface area contributed by atoms with E-state index < -0.39 is 17.7 Å². The molecule has 2 aromatic rings. The van der Waals surface area contributed by atoms with Crippen LogP contribution in [0.2, 0.25) is 0 Å². The van der Waals surface area contributed by atoms with Gasteiger partial charge >= 0.3 is 0 Å². The molecule has 1 heterocycles. The van der Waals surface area contributed by atoms with E-state index in [1.807, 2.05) is 0 Å². The lowest BCUT2D eigenvalue weighted by atomic mass is 10.1. The minimum atomic E-state index is -0.953. The van der Waals surface area contributed by atoms with Crippen LogP contribution in [0.5, 0.6) is 17.2 Å². The molecule has 4 nitrogen and oxygen atoms in total. The highest BCUT2D eigenvalue weighted by Crippen LogP contribution is 2.34. The molecule has 1 atom stereocenters. The first-order chi connectivity index (χ1) is 10.1. The van der Waals surface area contributed by atoms with E-state index in [0.29, 0.717) is 17.1 Å². The first kappa shape index (κ1) is 13.6. The third-order valence-electron chi connectivity index (χ3n) is 3.03. The molecular formula is C15H12F2O4. The molecule has 1 N–H and O–H groups in total. The largest absolute Gasteiger partial charge is 0.490 e. The molecule has 1 unspecified atom stereocenters. The van der Waals surface area contributed by atoms with Gasteiger partial charge in [-0.15, -0.1) is 0 Å². The molecule has 0 radical (unpaired) electrons. The van der Waals surface area contributed by atoms with Crippen LogP contribution >= 0.6 is 0 Å². The van der Waals surface area contributed by atoms with Crippen LogP contribution in [0.1, 0.15) is 11.7 Å². The first-order valence-electron chi connectivity index (χ1n) is 6.28. The zero-order valence-electron chi connectivity index (χ0n) is 10.9. The molecule has 0 aromatic heterocycles. The van der Waals surface area contributed by atoms with Gasteiger partial charge in [-0.1, -0.05) is 6.07 Å². The lowest BCUT2D eigenvalue weighted by Gasteiger charge is -2.13. The van der Waals surface area contributed by atoms with Crippen molar-refractivity contribution in [2.45, 2.75) is 6.10 Å². The van der Waals surface area contributed by atoms with Crippen LogP contribution in [-0.4, -0.2) is 18.5 Å². The van der Waals surface area contributed by atoms with Gasteiger partial charge < -0.3 is 19.3 Å². The van der Waals surface area contributed by atoms with Gasteiger partial charge in [0.15, 0.2) is 11.5 Å². The summed E-state index contributed by atoms with van der Waals surface area (Å²) in [7, 11) is 0. The van der Waals surface area contributed by atoms with E-state index in [-0.39, 0.29) is 19.1 Å². The van der Waals surface area contributed by atoms with Crippen molar-refractivity contribution >= 4 is 0 Å². The zero-order valence-corrected chi connectivity index (χ0v) is 10.9. The van der Waals surface area contributed by atoms with Gasteiger partial charge in [-0.3, -0.25) is 0 Å².